The Balaban J connectivity index is 1.40. The van der Waals surface area contributed by atoms with Crippen molar-refractivity contribution in [3.8, 4) is 0 Å². The van der Waals surface area contributed by atoms with Crippen molar-refractivity contribution in [2.75, 3.05) is 52.9 Å². The Morgan fingerprint density at radius 1 is 1.04 bits per heavy atom. The van der Waals surface area contributed by atoms with E-state index in [1.165, 1.54) is 13.2 Å². The van der Waals surface area contributed by atoms with Crippen LogP contribution in [-0.2, 0) is 20.9 Å². The molecule has 0 unspecified atom stereocenters. The molecule has 2 fully saturated rings. The van der Waals surface area contributed by atoms with Crippen LogP contribution in [0.4, 0.5) is 4.39 Å². The highest BCUT2D eigenvalue weighted by molar-refractivity contribution is 5.79. The Morgan fingerprint density at radius 2 is 1.67 bits per heavy atom. The maximum Gasteiger partial charge on any atom is 0.308 e. The fraction of sp³-hybridized carbons (Fsp3) is 0.600. The van der Waals surface area contributed by atoms with Crippen LogP contribution < -0.4 is 0 Å². The number of halogens is 1. The second-order valence-corrected chi connectivity index (χ2v) is 7.32. The molecule has 0 aliphatic carbocycles. The fourth-order valence-electron chi connectivity index (χ4n) is 3.80. The van der Waals surface area contributed by atoms with E-state index < -0.39 is 0 Å². The van der Waals surface area contributed by atoms with E-state index in [2.05, 4.69) is 9.80 Å². The van der Waals surface area contributed by atoms with Gasteiger partial charge in [0.25, 0.3) is 0 Å². The van der Waals surface area contributed by atoms with E-state index in [0.29, 0.717) is 39.0 Å². The number of methoxy groups -OCH3 is 1. The standard InChI is InChI=1S/C20H28FN3O3/c1-27-20(26)16-6-8-24(9-7-16)19(25)15-23-12-10-22(11-13-23)14-17-4-2-3-5-18(17)21/h2-5,16H,6-15H2,1H3. The Morgan fingerprint density at radius 3 is 2.30 bits per heavy atom. The number of carbonyl (C=O) groups excluding carboxylic acids is 2. The summed E-state index contributed by atoms with van der Waals surface area (Å²) in [4.78, 5) is 30.4. The minimum absolute atomic E-state index is 0.0824. The number of ether oxygens (including phenoxy) is 1. The average molecular weight is 377 g/mol. The predicted molar refractivity (Wildman–Crippen MR) is 99.4 cm³/mol. The maximum absolute atomic E-state index is 13.8. The molecular weight excluding hydrogens is 349 g/mol. The average Bonchev–Trinajstić information content (AvgIpc) is 2.70. The second-order valence-electron chi connectivity index (χ2n) is 7.32. The van der Waals surface area contributed by atoms with Crippen molar-refractivity contribution in [3.05, 3.63) is 35.6 Å². The summed E-state index contributed by atoms with van der Waals surface area (Å²) in [6.07, 6.45) is 1.35. The molecular formula is C20H28FN3O3. The molecule has 0 N–H and O–H groups in total. The van der Waals surface area contributed by atoms with E-state index in [1.807, 2.05) is 17.0 Å². The van der Waals surface area contributed by atoms with Gasteiger partial charge < -0.3 is 9.64 Å². The number of carbonyl (C=O) groups is 2. The number of rotatable bonds is 5. The molecule has 1 aromatic rings. The Bertz CT molecular complexity index is 654. The molecule has 7 heteroatoms. The highest BCUT2D eigenvalue weighted by Crippen LogP contribution is 2.19. The number of likely N-dealkylation sites (tertiary alicyclic amines) is 1. The summed E-state index contributed by atoms with van der Waals surface area (Å²) in [6.45, 7) is 5.51. The molecule has 27 heavy (non-hydrogen) atoms. The highest BCUT2D eigenvalue weighted by Gasteiger charge is 2.29. The van der Waals surface area contributed by atoms with Crippen LogP contribution in [0.25, 0.3) is 0 Å². The van der Waals surface area contributed by atoms with Crippen molar-refractivity contribution in [2.45, 2.75) is 19.4 Å². The van der Waals surface area contributed by atoms with Crippen LogP contribution in [0.3, 0.4) is 0 Å². The summed E-state index contributed by atoms with van der Waals surface area (Å²) >= 11 is 0. The lowest BCUT2D eigenvalue weighted by Gasteiger charge is -2.36. The lowest BCUT2D eigenvalue weighted by atomic mass is 9.97. The van der Waals surface area contributed by atoms with E-state index in [1.54, 1.807) is 6.07 Å². The summed E-state index contributed by atoms with van der Waals surface area (Å²) in [5, 5.41) is 0. The molecule has 1 amide bonds. The number of esters is 1. The number of amides is 1. The van der Waals surface area contributed by atoms with E-state index in [0.717, 1.165) is 31.7 Å². The highest BCUT2D eigenvalue weighted by atomic mass is 19.1. The van der Waals surface area contributed by atoms with E-state index in [9.17, 15) is 14.0 Å². The van der Waals surface area contributed by atoms with Gasteiger partial charge in [0.05, 0.1) is 19.6 Å². The van der Waals surface area contributed by atoms with Gasteiger partial charge in [-0.2, -0.15) is 0 Å². The third kappa shape index (κ3) is 5.26. The quantitative estimate of drug-likeness (QED) is 0.725. The third-order valence-corrected chi connectivity index (χ3v) is 5.56. The summed E-state index contributed by atoms with van der Waals surface area (Å²) in [5.41, 5.74) is 0.718. The minimum atomic E-state index is -0.173. The first-order valence-corrected chi connectivity index (χ1v) is 9.60. The molecule has 148 valence electrons. The van der Waals surface area contributed by atoms with E-state index in [4.69, 9.17) is 4.74 Å². The van der Waals surface area contributed by atoms with Gasteiger partial charge >= 0.3 is 5.97 Å². The summed E-state index contributed by atoms with van der Waals surface area (Å²) < 4.78 is 18.6. The van der Waals surface area contributed by atoms with Gasteiger partial charge in [-0.25, -0.2) is 4.39 Å². The minimum Gasteiger partial charge on any atom is -0.469 e. The van der Waals surface area contributed by atoms with Gasteiger partial charge in [-0.15, -0.1) is 0 Å². The number of nitrogens with zero attached hydrogens (tertiary/aromatic N) is 3. The van der Waals surface area contributed by atoms with Crippen molar-refractivity contribution in [1.29, 1.82) is 0 Å². The van der Waals surface area contributed by atoms with Crippen LogP contribution in [0.15, 0.2) is 24.3 Å². The van der Waals surface area contributed by atoms with E-state index in [-0.39, 0.29) is 23.6 Å². The zero-order valence-electron chi connectivity index (χ0n) is 15.9. The maximum atomic E-state index is 13.8. The van der Waals surface area contributed by atoms with Gasteiger partial charge in [-0.05, 0) is 18.9 Å². The Labute approximate surface area is 159 Å². The molecule has 2 heterocycles. The summed E-state index contributed by atoms with van der Waals surface area (Å²) in [7, 11) is 1.41. The smallest absolute Gasteiger partial charge is 0.308 e. The first-order chi connectivity index (χ1) is 13.1. The van der Waals surface area contributed by atoms with Gasteiger partial charge in [0.2, 0.25) is 5.91 Å². The molecule has 2 saturated heterocycles. The van der Waals surface area contributed by atoms with Crippen LogP contribution in [0.1, 0.15) is 18.4 Å². The molecule has 0 bridgehead atoms. The van der Waals surface area contributed by atoms with Crippen LogP contribution >= 0.6 is 0 Å². The normalized spacial score (nSPS) is 19.9. The van der Waals surface area contributed by atoms with E-state index >= 15 is 0 Å². The van der Waals surface area contributed by atoms with Gasteiger partial charge in [0, 0.05) is 51.4 Å². The van der Waals surface area contributed by atoms with Crippen LogP contribution in [0.2, 0.25) is 0 Å². The largest absolute Gasteiger partial charge is 0.469 e. The second kappa shape index (κ2) is 9.28. The zero-order chi connectivity index (χ0) is 19.2. The molecule has 2 aliphatic rings. The number of hydrogen-bond donors (Lipinski definition) is 0. The number of piperidine rings is 1. The molecule has 3 rings (SSSR count). The number of hydrogen-bond acceptors (Lipinski definition) is 5. The zero-order valence-corrected chi connectivity index (χ0v) is 15.9. The first-order valence-electron chi connectivity index (χ1n) is 9.60. The Kier molecular flexibility index (Phi) is 6.79. The van der Waals surface area contributed by atoms with Gasteiger partial charge in [-0.3, -0.25) is 19.4 Å². The van der Waals surface area contributed by atoms with Gasteiger partial charge in [-0.1, -0.05) is 18.2 Å². The third-order valence-electron chi connectivity index (χ3n) is 5.56. The molecule has 0 radical (unpaired) electrons. The molecule has 0 atom stereocenters. The molecule has 0 spiro atoms. The van der Waals surface area contributed by atoms with Crippen LogP contribution in [-0.4, -0.2) is 79.5 Å². The molecule has 0 aromatic heterocycles. The predicted octanol–water partition coefficient (Wildman–Crippen LogP) is 1.35. The van der Waals surface area contributed by atoms with Crippen molar-refractivity contribution in [2.24, 2.45) is 5.92 Å². The van der Waals surface area contributed by atoms with Gasteiger partial charge in [0.15, 0.2) is 0 Å². The number of benzene rings is 1. The van der Waals surface area contributed by atoms with Crippen molar-refractivity contribution >= 4 is 11.9 Å². The molecule has 1 aromatic carbocycles. The van der Waals surface area contributed by atoms with Crippen molar-refractivity contribution in [1.82, 2.24) is 14.7 Å². The monoisotopic (exact) mass is 377 g/mol. The van der Waals surface area contributed by atoms with Gasteiger partial charge in [0.1, 0.15) is 5.82 Å². The lowest BCUT2D eigenvalue weighted by Crippen LogP contribution is -2.51. The summed E-state index contributed by atoms with van der Waals surface area (Å²) in [5.74, 6) is -0.291. The lowest BCUT2D eigenvalue weighted by molar-refractivity contribution is -0.149. The first kappa shape index (κ1) is 19.8. The molecule has 0 saturated carbocycles. The van der Waals surface area contributed by atoms with Crippen molar-refractivity contribution < 1.29 is 18.7 Å². The SMILES string of the molecule is COC(=O)C1CCN(C(=O)CN2CCN(Cc3ccccc3F)CC2)CC1. The Hall–Kier alpha value is -1.99. The topological polar surface area (TPSA) is 53.1 Å². The molecule has 2 aliphatic heterocycles. The summed E-state index contributed by atoms with van der Waals surface area (Å²) in [6, 6.07) is 6.88. The van der Waals surface area contributed by atoms with Crippen LogP contribution in [0.5, 0.6) is 0 Å². The molecule has 6 nitrogen and oxygen atoms in total. The number of piperazine rings is 1. The fourth-order valence-corrected chi connectivity index (χ4v) is 3.80. The van der Waals surface area contributed by atoms with Crippen LogP contribution in [0, 0.1) is 11.7 Å². The van der Waals surface area contributed by atoms with Crippen molar-refractivity contribution in [3.63, 3.8) is 0 Å².